The second-order valence-electron chi connectivity index (χ2n) is 15.6. The molecule has 13 nitrogen and oxygen atoms in total. The number of nitrogens with zero attached hydrogens (tertiary/aromatic N) is 7. The molecule has 13 heteroatoms. The highest BCUT2D eigenvalue weighted by Crippen LogP contribution is 2.44. The first-order valence-corrected chi connectivity index (χ1v) is 21.2. The Morgan fingerprint density at radius 2 is 0.552 bits per heavy atom. The molecule has 10 rings (SSSR count). The maximum atomic E-state index is 11.7. The third-order valence-corrected chi connectivity index (χ3v) is 11.6. The van der Waals surface area contributed by atoms with E-state index in [-0.39, 0.29) is 17.1 Å². The summed E-state index contributed by atoms with van der Waals surface area (Å²) in [5, 5.41) is 36.9. The predicted octanol–water partition coefficient (Wildman–Crippen LogP) is 14.9. The molecule has 0 aliphatic rings. The molecule has 67 heavy (non-hydrogen) atoms. The van der Waals surface area contributed by atoms with Gasteiger partial charge in [0.15, 0.2) is 0 Å². The molecule has 0 aliphatic carbocycles. The molecule has 0 saturated heterocycles. The van der Waals surface area contributed by atoms with Crippen LogP contribution in [-0.4, -0.2) is 19.3 Å². The van der Waals surface area contributed by atoms with Crippen LogP contribution < -0.4 is 14.7 Å². The molecule has 0 N–H and O–H groups in total. The zero-order chi connectivity index (χ0) is 46.0. The molecular formula is C54H37N7O6. The van der Waals surface area contributed by atoms with Gasteiger partial charge in [0, 0.05) is 104 Å². The highest BCUT2D eigenvalue weighted by molar-refractivity contribution is 6.11. The first kappa shape index (κ1) is 41.4. The molecule has 0 amide bonds. The number of nitro groups is 3. The number of rotatable bonds is 13. The molecular weight excluding hydrogens is 843 g/mol. The van der Waals surface area contributed by atoms with Crippen molar-refractivity contribution in [2.24, 2.45) is 0 Å². The lowest BCUT2D eigenvalue weighted by molar-refractivity contribution is -0.385. The molecule has 0 spiro atoms. The number of non-ortho nitro benzene ring substituents is 3. The summed E-state index contributed by atoms with van der Waals surface area (Å²) in [6.07, 6.45) is 0. The van der Waals surface area contributed by atoms with Crippen molar-refractivity contribution in [2.75, 3.05) is 14.7 Å². The van der Waals surface area contributed by atoms with E-state index in [1.54, 1.807) is 36.4 Å². The molecule has 9 aromatic carbocycles. The summed E-state index contributed by atoms with van der Waals surface area (Å²) in [7, 11) is 0. The van der Waals surface area contributed by atoms with Gasteiger partial charge in [-0.05, 0) is 121 Å². The number of nitro benzene ring substituents is 3. The van der Waals surface area contributed by atoms with Crippen molar-refractivity contribution < 1.29 is 14.8 Å². The van der Waals surface area contributed by atoms with E-state index in [9.17, 15) is 30.3 Å². The minimum atomic E-state index is -0.413. The van der Waals surface area contributed by atoms with Gasteiger partial charge in [0.05, 0.1) is 25.8 Å². The van der Waals surface area contributed by atoms with Crippen LogP contribution in [0.4, 0.5) is 68.2 Å². The minimum absolute atomic E-state index is 0.00368. The summed E-state index contributed by atoms with van der Waals surface area (Å²) < 4.78 is 2.21. The quantitative estimate of drug-likeness (QED) is 0.0816. The van der Waals surface area contributed by atoms with Crippen molar-refractivity contribution in [3.63, 3.8) is 0 Å². The molecule has 1 heterocycles. The molecule has 0 fully saturated rings. The van der Waals surface area contributed by atoms with Crippen LogP contribution in [0.3, 0.4) is 0 Å². The van der Waals surface area contributed by atoms with E-state index in [2.05, 4.69) is 38.6 Å². The van der Waals surface area contributed by atoms with E-state index in [1.165, 1.54) is 36.4 Å². The molecule has 0 saturated carbocycles. The number of aromatic nitrogens is 1. The number of anilines is 9. The lowest BCUT2D eigenvalue weighted by Gasteiger charge is -2.26. The number of para-hydroxylation sites is 3. The third-order valence-electron chi connectivity index (χ3n) is 11.6. The smallest absolute Gasteiger partial charge is 0.269 e. The monoisotopic (exact) mass is 879 g/mol. The Balaban J connectivity index is 1.18. The number of hydrogen-bond acceptors (Lipinski definition) is 9. The topological polar surface area (TPSA) is 144 Å². The van der Waals surface area contributed by atoms with Gasteiger partial charge in [-0.3, -0.25) is 30.3 Å². The van der Waals surface area contributed by atoms with Crippen LogP contribution in [0, 0.1) is 30.3 Å². The van der Waals surface area contributed by atoms with Gasteiger partial charge in [-0.25, -0.2) is 0 Å². The highest BCUT2D eigenvalue weighted by atomic mass is 16.6. The van der Waals surface area contributed by atoms with E-state index in [0.717, 1.165) is 78.7 Å². The van der Waals surface area contributed by atoms with Crippen LogP contribution in [-0.2, 0) is 0 Å². The Morgan fingerprint density at radius 3 is 0.851 bits per heavy atom. The van der Waals surface area contributed by atoms with E-state index < -0.39 is 14.8 Å². The molecule has 1 aromatic heterocycles. The summed E-state index contributed by atoms with van der Waals surface area (Å²) in [6.45, 7) is 0. The van der Waals surface area contributed by atoms with Gasteiger partial charge >= 0.3 is 0 Å². The fraction of sp³-hybridized carbons (Fsp3) is 0. The SMILES string of the molecule is O=[N+]([O-])c1ccc(N(c2ccccc2)c2ccc(-n3c4cc(N(c5ccccc5)c5ccc([N+](=O)[O-])cc5)ccc4c4ccc(N(c5ccccc5)c5ccc([N+](=O)[O-])cc5)cc43)cc2)cc1. The second-order valence-corrected chi connectivity index (χ2v) is 15.6. The maximum Gasteiger partial charge on any atom is 0.269 e. The molecule has 0 aliphatic heterocycles. The lowest BCUT2D eigenvalue weighted by atomic mass is 10.1. The Kier molecular flexibility index (Phi) is 10.8. The molecule has 0 atom stereocenters. The van der Waals surface area contributed by atoms with Crippen LogP contribution in [0.5, 0.6) is 0 Å². The predicted molar refractivity (Wildman–Crippen MR) is 265 cm³/mol. The average Bonchev–Trinajstić information content (AvgIpc) is 3.69. The number of fused-ring (bicyclic) bond motifs is 3. The van der Waals surface area contributed by atoms with Crippen LogP contribution in [0.1, 0.15) is 0 Å². The summed E-state index contributed by atoms with van der Waals surface area (Å²) in [4.78, 5) is 39.8. The second kappa shape index (κ2) is 17.5. The van der Waals surface area contributed by atoms with E-state index in [1.807, 2.05) is 132 Å². The van der Waals surface area contributed by atoms with Crippen molar-refractivity contribution in [3.05, 3.63) is 255 Å². The molecule has 0 unspecified atom stereocenters. The highest BCUT2D eigenvalue weighted by Gasteiger charge is 2.22. The van der Waals surface area contributed by atoms with Crippen LogP contribution in [0.15, 0.2) is 224 Å². The summed E-state index contributed by atoms with van der Waals surface area (Å²) in [6, 6.07) is 69.6. The molecule has 0 bridgehead atoms. The van der Waals surface area contributed by atoms with Crippen LogP contribution in [0.25, 0.3) is 27.5 Å². The molecule has 0 radical (unpaired) electrons. The van der Waals surface area contributed by atoms with Crippen LogP contribution in [0.2, 0.25) is 0 Å². The summed E-state index contributed by atoms with van der Waals surface area (Å²) >= 11 is 0. The van der Waals surface area contributed by atoms with Gasteiger partial charge in [-0.15, -0.1) is 0 Å². The fourth-order valence-corrected chi connectivity index (χ4v) is 8.55. The van der Waals surface area contributed by atoms with E-state index in [4.69, 9.17) is 0 Å². The van der Waals surface area contributed by atoms with Gasteiger partial charge < -0.3 is 19.3 Å². The average molecular weight is 880 g/mol. The Morgan fingerprint density at radius 1 is 0.299 bits per heavy atom. The Labute approximate surface area is 383 Å². The van der Waals surface area contributed by atoms with Gasteiger partial charge in [0.1, 0.15) is 0 Å². The Hall–Kier alpha value is -9.62. The van der Waals surface area contributed by atoms with Crippen molar-refractivity contribution in [1.29, 1.82) is 0 Å². The zero-order valence-electron chi connectivity index (χ0n) is 35.4. The van der Waals surface area contributed by atoms with Gasteiger partial charge in [-0.2, -0.15) is 0 Å². The van der Waals surface area contributed by atoms with Crippen molar-refractivity contribution in [2.45, 2.75) is 0 Å². The van der Waals surface area contributed by atoms with Crippen molar-refractivity contribution >= 4 is 90.1 Å². The first-order chi connectivity index (χ1) is 32.7. The van der Waals surface area contributed by atoms with E-state index >= 15 is 0 Å². The standard InChI is InChI=1S/C54H37N7O6/c62-59(63)46-26-20-42(21-27-46)55(38-10-4-1-5-11-38)41-16-18-45(19-17-41)58-53-36-49(56(39-12-6-2-7-13-39)43-22-28-47(29-23-43)60(64)65)32-34-51(53)52-35-33-50(37-54(52)58)57(40-14-8-3-9-15-40)44-24-30-48(31-25-44)61(66)67/h1-37H. The van der Waals surface area contributed by atoms with Crippen LogP contribution >= 0.6 is 0 Å². The largest absolute Gasteiger partial charge is 0.310 e. The van der Waals surface area contributed by atoms with Gasteiger partial charge in [0.25, 0.3) is 17.1 Å². The van der Waals surface area contributed by atoms with E-state index in [0.29, 0.717) is 0 Å². The first-order valence-electron chi connectivity index (χ1n) is 21.2. The normalized spacial score (nSPS) is 11.0. The van der Waals surface area contributed by atoms with Crippen molar-refractivity contribution in [3.8, 4) is 5.69 Å². The number of hydrogen-bond donors (Lipinski definition) is 0. The molecule has 324 valence electrons. The third kappa shape index (κ3) is 8.00. The fourth-order valence-electron chi connectivity index (χ4n) is 8.55. The minimum Gasteiger partial charge on any atom is -0.310 e. The Bertz CT molecular complexity index is 3270. The van der Waals surface area contributed by atoms with Crippen molar-refractivity contribution in [1.82, 2.24) is 4.57 Å². The number of benzene rings is 9. The summed E-state index contributed by atoms with van der Waals surface area (Å²) in [5.74, 6) is 0. The van der Waals surface area contributed by atoms with Gasteiger partial charge in [0.2, 0.25) is 0 Å². The summed E-state index contributed by atoms with van der Waals surface area (Å²) in [5.41, 5.74) is 9.86. The zero-order valence-corrected chi connectivity index (χ0v) is 35.4. The maximum absolute atomic E-state index is 11.7. The lowest BCUT2D eigenvalue weighted by Crippen LogP contribution is -2.11. The van der Waals surface area contributed by atoms with Gasteiger partial charge in [-0.1, -0.05) is 66.7 Å². The molecule has 10 aromatic rings.